The maximum atomic E-state index is 12.6. The van der Waals surface area contributed by atoms with Crippen LogP contribution in [0.5, 0.6) is 0 Å². The summed E-state index contributed by atoms with van der Waals surface area (Å²) in [5.74, 6) is 0.225. The van der Waals surface area contributed by atoms with Crippen LogP contribution in [0.3, 0.4) is 0 Å². The first-order chi connectivity index (χ1) is 12.0. The fourth-order valence-corrected chi connectivity index (χ4v) is 3.67. The van der Waals surface area contributed by atoms with Gasteiger partial charge in [0.1, 0.15) is 0 Å². The third-order valence-corrected chi connectivity index (χ3v) is 5.20. The molecule has 1 aliphatic heterocycles. The molecule has 0 atom stereocenters. The van der Waals surface area contributed by atoms with Crippen molar-refractivity contribution in [2.75, 3.05) is 13.1 Å². The number of nitrogens with zero attached hydrogens (tertiary/aromatic N) is 1. The van der Waals surface area contributed by atoms with Crippen LogP contribution in [-0.2, 0) is 0 Å². The van der Waals surface area contributed by atoms with Gasteiger partial charge >= 0.3 is 0 Å². The summed E-state index contributed by atoms with van der Waals surface area (Å²) in [5.41, 5.74) is 4.77. The third-order valence-electron chi connectivity index (χ3n) is 5.20. The predicted molar refractivity (Wildman–Crippen MR) is 111 cm³/mol. The number of fused-ring (bicyclic) bond motifs is 1. The molecule has 1 aromatic heterocycles. The van der Waals surface area contributed by atoms with E-state index in [0.29, 0.717) is 6.42 Å². The highest BCUT2D eigenvalue weighted by molar-refractivity contribution is 6.02. The molecule has 1 N–H and O–H groups in total. The molecule has 3 heteroatoms. The van der Waals surface area contributed by atoms with Crippen molar-refractivity contribution in [3.63, 3.8) is 0 Å². The van der Waals surface area contributed by atoms with E-state index in [0.717, 1.165) is 30.6 Å². The minimum absolute atomic E-state index is 0.00925. The molecule has 3 nitrogen and oxygen atoms in total. The number of hydrogen-bond acceptors (Lipinski definition) is 2. The van der Waals surface area contributed by atoms with Crippen molar-refractivity contribution in [3.8, 4) is 0 Å². The molecule has 0 amide bonds. The van der Waals surface area contributed by atoms with Gasteiger partial charge < -0.3 is 4.98 Å². The Balaban J connectivity index is 1.90. The maximum absolute atomic E-state index is 12.6. The summed E-state index contributed by atoms with van der Waals surface area (Å²) in [5, 5.41) is 1.17. The Hall–Kier alpha value is -1.87. The number of benzene rings is 1. The molecule has 2 aromatic rings. The highest BCUT2D eigenvalue weighted by Gasteiger charge is 2.24. The number of rotatable bonds is 3. The lowest BCUT2D eigenvalue weighted by Gasteiger charge is -2.37. The first kappa shape index (κ1) is 18.9. The standard InChI is InChI=1S/C23H32N2O/c1-22(2,3)14-21(26)17-7-8-20-18(13-17)19(15-24-20)16-9-11-25(12-10-16)23(4,5)6/h7-9,13,15,24H,10-12,14H2,1-6H3. The maximum Gasteiger partial charge on any atom is 0.163 e. The summed E-state index contributed by atoms with van der Waals surface area (Å²) in [7, 11) is 0. The van der Waals surface area contributed by atoms with Crippen molar-refractivity contribution in [2.45, 2.75) is 59.9 Å². The van der Waals surface area contributed by atoms with Gasteiger partial charge in [0.05, 0.1) is 0 Å². The van der Waals surface area contributed by atoms with Crippen molar-refractivity contribution in [1.29, 1.82) is 0 Å². The molecule has 3 rings (SSSR count). The highest BCUT2D eigenvalue weighted by atomic mass is 16.1. The van der Waals surface area contributed by atoms with Gasteiger partial charge in [0, 0.05) is 53.3 Å². The lowest BCUT2D eigenvalue weighted by molar-refractivity contribution is 0.0940. The number of H-pyrrole nitrogens is 1. The molecule has 0 aliphatic carbocycles. The van der Waals surface area contributed by atoms with Crippen molar-refractivity contribution in [1.82, 2.24) is 9.88 Å². The number of carbonyl (C=O) groups is 1. The van der Waals surface area contributed by atoms with E-state index in [1.807, 2.05) is 12.1 Å². The third kappa shape index (κ3) is 4.09. The van der Waals surface area contributed by atoms with Gasteiger partial charge in [-0.1, -0.05) is 26.8 Å². The van der Waals surface area contributed by atoms with Crippen LogP contribution in [0.2, 0.25) is 0 Å². The number of aromatic nitrogens is 1. The first-order valence-corrected chi connectivity index (χ1v) is 9.63. The number of hydrogen-bond donors (Lipinski definition) is 1. The van der Waals surface area contributed by atoms with Gasteiger partial charge in [0.25, 0.3) is 0 Å². The molecule has 0 radical (unpaired) electrons. The van der Waals surface area contributed by atoms with Gasteiger partial charge in [-0.25, -0.2) is 0 Å². The fourth-order valence-electron chi connectivity index (χ4n) is 3.67. The van der Waals surface area contributed by atoms with Crippen LogP contribution in [0.1, 0.15) is 70.3 Å². The lowest BCUT2D eigenvalue weighted by atomic mass is 9.87. The molecule has 26 heavy (non-hydrogen) atoms. The Kier molecular flexibility index (Phi) is 4.87. The zero-order valence-electron chi connectivity index (χ0n) is 17.1. The van der Waals surface area contributed by atoms with Crippen LogP contribution >= 0.6 is 0 Å². The monoisotopic (exact) mass is 352 g/mol. The summed E-state index contributed by atoms with van der Waals surface area (Å²) in [4.78, 5) is 18.5. The van der Waals surface area contributed by atoms with E-state index in [1.54, 1.807) is 0 Å². The van der Waals surface area contributed by atoms with E-state index in [9.17, 15) is 4.79 Å². The van der Waals surface area contributed by atoms with Gasteiger partial charge in [0.2, 0.25) is 0 Å². The van der Waals surface area contributed by atoms with Crippen LogP contribution < -0.4 is 0 Å². The van der Waals surface area contributed by atoms with E-state index in [2.05, 4.69) is 69.8 Å². The molecule has 1 aromatic carbocycles. The Labute approximate surface area is 157 Å². The molecule has 0 saturated carbocycles. The van der Waals surface area contributed by atoms with Gasteiger partial charge in [-0.3, -0.25) is 9.69 Å². The Morgan fingerprint density at radius 2 is 1.88 bits per heavy atom. The van der Waals surface area contributed by atoms with Crippen LogP contribution in [0, 0.1) is 5.41 Å². The normalized spacial score (nSPS) is 16.8. The predicted octanol–water partition coefficient (Wildman–Crippen LogP) is 5.67. The zero-order valence-corrected chi connectivity index (χ0v) is 17.1. The highest BCUT2D eigenvalue weighted by Crippen LogP contribution is 2.32. The van der Waals surface area contributed by atoms with Crippen molar-refractivity contribution in [3.05, 3.63) is 41.6 Å². The van der Waals surface area contributed by atoms with Crippen LogP contribution in [0.25, 0.3) is 16.5 Å². The minimum atomic E-state index is 0.00925. The van der Waals surface area contributed by atoms with Crippen molar-refractivity contribution < 1.29 is 4.79 Å². The molecule has 0 fully saturated rings. The average Bonchev–Trinajstić information content (AvgIpc) is 2.95. The number of ketones is 1. The van der Waals surface area contributed by atoms with Crippen molar-refractivity contribution in [2.24, 2.45) is 5.41 Å². The van der Waals surface area contributed by atoms with Gasteiger partial charge in [-0.05, 0) is 56.4 Å². The SMILES string of the molecule is CC(C)(C)CC(=O)c1ccc2[nH]cc(C3=CCN(C(C)(C)C)CC3)c2c1. The van der Waals surface area contributed by atoms with Crippen LogP contribution in [0.4, 0.5) is 0 Å². The number of nitrogens with one attached hydrogen (secondary N) is 1. The Bertz CT molecular complexity index is 843. The van der Waals surface area contributed by atoms with E-state index >= 15 is 0 Å². The van der Waals surface area contributed by atoms with E-state index in [-0.39, 0.29) is 16.7 Å². The summed E-state index contributed by atoms with van der Waals surface area (Å²) in [6.07, 6.45) is 6.06. The summed E-state index contributed by atoms with van der Waals surface area (Å²) < 4.78 is 0. The van der Waals surface area contributed by atoms with Crippen LogP contribution in [-0.4, -0.2) is 34.3 Å². The van der Waals surface area contributed by atoms with E-state index in [1.165, 1.54) is 16.5 Å². The molecule has 0 bridgehead atoms. The second kappa shape index (κ2) is 6.70. The fraction of sp³-hybridized carbons (Fsp3) is 0.522. The van der Waals surface area contributed by atoms with Gasteiger partial charge in [-0.15, -0.1) is 0 Å². The van der Waals surface area contributed by atoms with Gasteiger partial charge in [-0.2, -0.15) is 0 Å². The summed E-state index contributed by atoms with van der Waals surface area (Å²) >= 11 is 0. The summed E-state index contributed by atoms with van der Waals surface area (Å²) in [6.45, 7) is 15.2. The summed E-state index contributed by atoms with van der Waals surface area (Å²) in [6, 6.07) is 6.07. The quantitative estimate of drug-likeness (QED) is 0.722. The zero-order chi connectivity index (χ0) is 19.1. The molecule has 140 valence electrons. The molecule has 2 heterocycles. The molecule has 0 spiro atoms. The first-order valence-electron chi connectivity index (χ1n) is 9.63. The average molecular weight is 353 g/mol. The molecular formula is C23H32N2O. The lowest BCUT2D eigenvalue weighted by Crippen LogP contribution is -2.43. The number of aromatic amines is 1. The Morgan fingerprint density at radius 3 is 2.46 bits per heavy atom. The molecular weight excluding hydrogens is 320 g/mol. The number of carbonyl (C=O) groups excluding carboxylic acids is 1. The van der Waals surface area contributed by atoms with E-state index < -0.39 is 0 Å². The largest absolute Gasteiger partial charge is 0.361 e. The molecule has 1 aliphatic rings. The second-order valence-corrected chi connectivity index (χ2v) is 9.72. The van der Waals surface area contributed by atoms with Crippen molar-refractivity contribution >= 4 is 22.3 Å². The number of Topliss-reactive ketones (excluding diaryl/α,β-unsaturated/α-hetero) is 1. The van der Waals surface area contributed by atoms with E-state index in [4.69, 9.17) is 0 Å². The van der Waals surface area contributed by atoms with Crippen LogP contribution in [0.15, 0.2) is 30.5 Å². The smallest absolute Gasteiger partial charge is 0.163 e. The Morgan fingerprint density at radius 1 is 1.15 bits per heavy atom. The molecule has 0 unspecified atom stereocenters. The topological polar surface area (TPSA) is 36.1 Å². The second-order valence-electron chi connectivity index (χ2n) is 9.72. The van der Waals surface area contributed by atoms with Gasteiger partial charge in [0.15, 0.2) is 5.78 Å². The minimum Gasteiger partial charge on any atom is -0.361 e. The molecule has 0 saturated heterocycles.